The number of hydrogen-bond donors (Lipinski definition) is 1. The van der Waals surface area contributed by atoms with E-state index < -0.39 is 17.7 Å². The summed E-state index contributed by atoms with van der Waals surface area (Å²) < 4.78 is 28.0. The highest BCUT2D eigenvalue weighted by molar-refractivity contribution is 5.21. The highest BCUT2D eigenvalue weighted by atomic mass is 19.2. The smallest absolute Gasteiger partial charge is 0.162 e. The highest BCUT2D eigenvalue weighted by Gasteiger charge is 2.15. The van der Waals surface area contributed by atoms with Gasteiger partial charge in [-0.15, -0.1) is 0 Å². The van der Waals surface area contributed by atoms with Gasteiger partial charge in [0, 0.05) is 19.7 Å². The van der Waals surface area contributed by atoms with Crippen LogP contribution in [0.15, 0.2) is 30.7 Å². The molecule has 0 fully saturated rings. The maximum atomic E-state index is 13.4. The SMILES string of the molecule is Cn1cnc(C(O)Cc2cccc(F)c2F)c1. The minimum atomic E-state index is -0.938. The Morgan fingerprint density at radius 2 is 2.18 bits per heavy atom. The summed E-state index contributed by atoms with van der Waals surface area (Å²) in [5, 5.41) is 9.84. The van der Waals surface area contributed by atoms with Crippen LogP contribution in [0, 0.1) is 11.6 Å². The molecule has 90 valence electrons. The number of rotatable bonds is 3. The molecule has 0 radical (unpaired) electrons. The van der Waals surface area contributed by atoms with Crippen molar-refractivity contribution in [2.45, 2.75) is 12.5 Å². The molecular weight excluding hydrogens is 226 g/mol. The van der Waals surface area contributed by atoms with E-state index in [0.717, 1.165) is 6.07 Å². The molecule has 0 saturated carbocycles. The Morgan fingerprint density at radius 3 is 2.82 bits per heavy atom. The molecule has 2 rings (SSSR count). The highest BCUT2D eigenvalue weighted by Crippen LogP contribution is 2.19. The monoisotopic (exact) mass is 238 g/mol. The van der Waals surface area contributed by atoms with Gasteiger partial charge in [-0.05, 0) is 11.6 Å². The molecule has 0 amide bonds. The predicted octanol–water partition coefficient (Wildman–Crippen LogP) is 1.97. The average molecular weight is 238 g/mol. The third-order valence-corrected chi connectivity index (χ3v) is 2.51. The molecule has 17 heavy (non-hydrogen) atoms. The van der Waals surface area contributed by atoms with E-state index in [1.807, 2.05) is 0 Å². The fourth-order valence-corrected chi connectivity index (χ4v) is 1.62. The number of aliphatic hydroxyl groups excluding tert-OH is 1. The lowest BCUT2D eigenvalue weighted by atomic mass is 10.1. The minimum absolute atomic E-state index is 0.000602. The first-order valence-electron chi connectivity index (χ1n) is 5.16. The predicted molar refractivity (Wildman–Crippen MR) is 58.2 cm³/mol. The van der Waals surface area contributed by atoms with Crippen molar-refractivity contribution < 1.29 is 13.9 Å². The zero-order valence-corrected chi connectivity index (χ0v) is 9.27. The normalized spacial score (nSPS) is 12.7. The van der Waals surface area contributed by atoms with Crippen molar-refractivity contribution in [1.29, 1.82) is 0 Å². The third kappa shape index (κ3) is 2.50. The molecule has 2 aromatic rings. The van der Waals surface area contributed by atoms with Gasteiger partial charge in [-0.25, -0.2) is 13.8 Å². The molecule has 0 saturated heterocycles. The molecule has 1 aromatic heterocycles. The van der Waals surface area contributed by atoms with E-state index in [1.165, 1.54) is 12.1 Å². The number of aromatic nitrogens is 2. The number of halogens is 2. The van der Waals surface area contributed by atoms with E-state index in [0.29, 0.717) is 5.69 Å². The van der Waals surface area contributed by atoms with Gasteiger partial charge < -0.3 is 9.67 Å². The Labute approximate surface area is 97.3 Å². The maximum absolute atomic E-state index is 13.4. The van der Waals surface area contributed by atoms with Crippen LogP contribution < -0.4 is 0 Å². The molecular formula is C12H12F2N2O. The summed E-state index contributed by atoms with van der Waals surface area (Å²) in [6, 6.07) is 3.91. The molecule has 1 heterocycles. The van der Waals surface area contributed by atoms with Crippen molar-refractivity contribution in [3.05, 3.63) is 53.6 Å². The molecule has 0 aliphatic rings. The van der Waals surface area contributed by atoms with E-state index >= 15 is 0 Å². The second-order valence-electron chi connectivity index (χ2n) is 3.90. The Kier molecular flexibility index (Phi) is 3.19. The van der Waals surface area contributed by atoms with Gasteiger partial charge in [-0.1, -0.05) is 12.1 Å². The number of aryl methyl sites for hydroxylation is 1. The second kappa shape index (κ2) is 4.63. The molecule has 3 nitrogen and oxygen atoms in total. The number of imidazole rings is 1. The summed E-state index contributed by atoms with van der Waals surface area (Å²) in [5.74, 6) is -1.82. The van der Waals surface area contributed by atoms with Gasteiger partial charge in [0.2, 0.25) is 0 Å². The van der Waals surface area contributed by atoms with E-state index in [4.69, 9.17) is 0 Å². The van der Waals surface area contributed by atoms with Gasteiger partial charge in [-0.2, -0.15) is 0 Å². The summed E-state index contributed by atoms with van der Waals surface area (Å²) in [5.41, 5.74) is 0.583. The molecule has 1 aromatic carbocycles. The van der Waals surface area contributed by atoms with E-state index in [-0.39, 0.29) is 12.0 Å². The van der Waals surface area contributed by atoms with Crippen LogP contribution in [-0.4, -0.2) is 14.7 Å². The number of nitrogens with zero attached hydrogens (tertiary/aromatic N) is 2. The van der Waals surface area contributed by atoms with Crippen molar-refractivity contribution in [2.75, 3.05) is 0 Å². The summed E-state index contributed by atoms with van der Waals surface area (Å²) in [6.07, 6.45) is 2.25. The van der Waals surface area contributed by atoms with Gasteiger partial charge in [0.25, 0.3) is 0 Å². The fraction of sp³-hybridized carbons (Fsp3) is 0.250. The number of benzene rings is 1. The Morgan fingerprint density at radius 1 is 1.41 bits per heavy atom. The van der Waals surface area contributed by atoms with E-state index in [2.05, 4.69) is 4.98 Å². The van der Waals surface area contributed by atoms with Gasteiger partial charge >= 0.3 is 0 Å². The van der Waals surface area contributed by atoms with Crippen LogP contribution in [0.1, 0.15) is 17.4 Å². The summed E-state index contributed by atoms with van der Waals surface area (Å²) in [4.78, 5) is 3.96. The second-order valence-corrected chi connectivity index (χ2v) is 3.90. The molecule has 0 aliphatic carbocycles. The average Bonchev–Trinajstić information content (AvgIpc) is 2.72. The lowest BCUT2D eigenvalue weighted by Gasteiger charge is -2.08. The van der Waals surface area contributed by atoms with Gasteiger partial charge in [0.15, 0.2) is 11.6 Å². The Bertz CT molecular complexity index is 525. The zero-order chi connectivity index (χ0) is 12.4. The van der Waals surface area contributed by atoms with Crippen LogP contribution in [0.2, 0.25) is 0 Å². The Balaban J connectivity index is 2.18. The first kappa shape index (κ1) is 11.7. The van der Waals surface area contributed by atoms with Gasteiger partial charge in [-0.3, -0.25) is 0 Å². The lowest BCUT2D eigenvalue weighted by molar-refractivity contribution is 0.172. The summed E-state index contributed by atoms with van der Waals surface area (Å²) in [7, 11) is 1.77. The zero-order valence-electron chi connectivity index (χ0n) is 9.27. The van der Waals surface area contributed by atoms with E-state index in [9.17, 15) is 13.9 Å². The van der Waals surface area contributed by atoms with Crippen LogP contribution in [0.5, 0.6) is 0 Å². The summed E-state index contributed by atoms with van der Waals surface area (Å²) >= 11 is 0. The standard InChI is InChI=1S/C12H12F2N2O/c1-16-6-10(15-7-16)11(17)5-8-3-2-4-9(13)12(8)14/h2-4,6-7,11,17H,5H2,1H3. The minimum Gasteiger partial charge on any atom is -0.386 e. The van der Waals surface area contributed by atoms with E-state index in [1.54, 1.807) is 24.1 Å². The number of aliphatic hydroxyl groups is 1. The molecule has 1 N–H and O–H groups in total. The van der Waals surface area contributed by atoms with Crippen molar-refractivity contribution in [1.82, 2.24) is 9.55 Å². The fourth-order valence-electron chi connectivity index (χ4n) is 1.62. The van der Waals surface area contributed by atoms with Crippen LogP contribution in [-0.2, 0) is 13.5 Å². The van der Waals surface area contributed by atoms with Crippen molar-refractivity contribution >= 4 is 0 Å². The van der Waals surface area contributed by atoms with Crippen LogP contribution in [0.25, 0.3) is 0 Å². The van der Waals surface area contributed by atoms with Crippen LogP contribution in [0.3, 0.4) is 0 Å². The largest absolute Gasteiger partial charge is 0.386 e. The molecule has 0 aliphatic heterocycles. The van der Waals surface area contributed by atoms with Crippen LogP contribution >= 0.6 is 0 Å². The number of hydrogen-bond acceptors (Lipinski definition) is 2. The van der Waals surface area contributed by atoms with Crippen molar-refractivity contribution in [2.24, 2.45) is 7.05 Å². The third-order valence-electron chi connectivity index (χ3n) is 2.51. The van der Waals surface area contributed by atoms with Gasteiger partial charge in [0.05, 0.1) is 12.0 Å². The Hall–Kier alpha value is -1.75. The first-order chi connectivity index (χ1) is 8.08. The summed E-state index contributed by atoms with van der Waals surface area (Å²) in [6.45, 7) is 0. The van der Waals surface area contributed by atoms with Crippen molar-refractivity contribution in [3.63, 3.8) is 0 Å². The van der Waals surface area contributed by atoms with Gasteiger partial charge in [0.1, 0.15) is 6.10 Å². The van der Waals surface area contributed by atoms with Crippen LogP contribution in [0.4, 0.5) is 8.78 Å². The molecule has 1 unspecified atom stereocenters. The topological polar surface area (TPSA) is 38.0 Å². The molecule has 1 atom stereocenters. The maximum Gasteiger partial charge on any atom is 0.162 e. The molecule has 0 bridgehead atoms. The quantitative estimate of drug-likeness (QED) is 0.887. The van der Waals surface area contributed by atoms with Crippen molar-refractivity contribution in [3.8, 4) is 0 Å². The molecule has 5 heteroatoms. The lowest BCUT2D eigenvalue weighted by Crippen LogP contribution is -2.05. The first-order valence-corrected chi connectivity index (χ1v) is 5.16. The molecule has 0 spiro atoms.